The van der Waals surface area contributed by atoms with Gasteiger partial charge in [-0.15, -0.1) is 0 Å². The summed E-state index contributed by atoms with van der Waals surface area (Å²) in [5, 5.41) is 4.24. The van der Waals surface area contributed by atoms with E-state index in [1.165, 1.54) is 0 Å². The number of amides is 1. The Morgan fingerprint density at radius 3 is 3.00 bits per heavy atom. The van der Waals surface area contributed by atoms with Gasteiger partial charge in [-0.2, -0.15) is 0 Å². The van der Waals surface area contributed by atoms with Crippen LogP contribution in [0.4, 0.5) is 0 Å². The summed E-state index contributed by atoms with van der Waals surface area (Å²) in [5.74, 6) is 0.0982. The van der Waals surface area contributed by atoms with E-state index in [9.17, 15) is 4.79 Å². The van der Waals surface area contributed by atoms with E-state index in [1.807, 2.05) is 43.9 Å². The summed E-state index contributed by atoms with van der Waals surface area (Å²) < 4.78 is 1.93. The van der Waals surface area contributed by atoms with E-state index in [1.54, 1.807) is 11.1 Å². The zero-order valence-corrected chi connectivity index (χ0v) is 11.7. The molecular weight excluding hydrogens is 240 g/mol. The largest absolute Gasteiger partial charge is 0.344 e. The molecule has 1 N–H and O–H groups in total. The van der Waals surface area contributed by atoms with Gasteiger partial charge in [0.15, 0.2) is 0 Å². The quantitative estimate of drug-likeness (QED) is 0.880. The zero-order chi connectivity index (χ0) is 13.8. The maximum absolute atomic E-state index is 12.0. The highest BCUT2D eigenvalue weighted by atomic mass is 16.2. The molecular formula is C14H20N4O. The first-order chi connectivity index (χ1) is 9.17. The predicted molar refractivity (Wildman–Crippen MR) is 75.8 cm³/mol. The molecule has 2 aromatic heterocycles. The van der Waals surface area contributed by atoms with Crippen LogP contribution in [0, 0.1) is 0 Å². The van der Waals surface area contributed by atoms with Crippen LogP contribution in [0.25, 0.3) is 11.0 Å². The molecule has 0 aromatic carbocycles. The Morgan fingerprint density at radius 2 is 2.32 bits per heavy atom. The van der Waals surface area contributed by atoms with Crippen molar-refractivity contribution in [3.8, 4) is 0 Å². The number of carbonyl (C=O) groups is 1. The lowest BCUT2D eigenvalue weighted by molar-refractivity contribution is -0.130. The Bertz CT molecular complexity index is 576. The first kappa shape index (κ1) is 13.5. The molecule has 0 unspecified atom stereocenters. The fourth-order valence-corrected chi connectivity index (χ4v) is 2.09. The van der Waals surface area contributed by atoms with Crippen LogP contribution in [-0.2, 0) is 17.9 Å². The fraction of sp³-hybridized carbons (Fsp3) is 0.429. The van der Waals surface area contributed by atoms with Crippen molar-refractivity contribution in [1.29, 1.82) is 0 Å². The Kier molecular flexibility index (Phi) is 4.16. The third-order valence-electron chi connectivity index (χ3n) is 3.29. The molecule has 0 bridgehead atoms. The van der Waals surface area contributed by atoms with Gasteiger partial charge in [-0.3, -0.25) is 4.79 Å². The lowest BCUT2D eigenvalue weighted by atomic mass is 10.2. The van der Waals surface area contributed by atoms with Crippen molar-refractivity contribution < 1.29 is 4.79 Å². The molecule has 0 atom stereocenters. The summed E-state index contributed by atoms with van der Waals surface area (Å²) in [6, 6.07) is 3.96. The summed E-state index contributed by atoms with van der Waals surface area (Å²) in [5.41, 5.74) is 2.03. The molecule has 0 aliphatic heterocycles. The zero-order valence-electron chi connectivity index (χ0n) is 11.7. The Hall–Kier alpha value is -1.88. The van der Waals surface area contributed by atoms with E-state index in [0.717, 1.165) is 29.7 Å². The third kappa shape index (κ3) is 2.76. The molecule has 5 nitrogen and oxygen atoms in total. The highest BCUT2D eigenvalue weighted by Crippen LogP contribution is 2.19. The average molecular weight is 260 g/mol. The predicted octanol–water partition coefficient (Wildman–Crippen LogP) is 1.23. The molecule has 2 heterocycles. The Labute approximate surface area is 113 Å². The minimum Gasteiger partial charge on any atom is -0.344 e. The maximum Gasteiger partial charge on any atom is 0.242 e. The molecule has 0 spiro atoms. The van der Waals surface area contributed by atoms with Gasteiger partial charge in [0.05, 0.1) is 0 Å². The van der Waals surface area contributed by atoms with Crippen LogP contribution in [0.2, 0.25) is 0 Å². The van der Waals surface area contributed by atoms with Crippen LogP contribution in [0.3, 0.4) is 0 Å². The molecule has 2 rings (SSSR count). The molecule has 19 heavy (non-hydrogen) atoms. The molecule has 1 amide bonds. The van der Waals surface area contributed by atoms with Gasteiger partial charge in [-0.25, -0.2) is 4.98 Å². The van der Waals surface area contributed by atoms with Crippen LogP contribution in [0.1, 0.15) is 12.5 Å². The lowest BCUT2D eigenvalue weighted by Gasteiger charge is -2.14. The van der Waals surface area contributed by atoms with Crippen molar-refractivity contribution in [2.75, 3.05) is 20.6 Å². The molecule has 0 fully saturated rings. The van der Waals surface area contributed by atoms with Gasteiger partial charge in [-0.1, -0.05) is 0 Å². The smallest absolute Gasteiger partial charge is 0.242 e. The number of likely N-dealkylation sites (N-methyl/N-ethyl adjacent to an activating group) is 1. The number of carbonyl (C=O) groups excluding carboxylic acids is 1. The number of fused-ring (bicyclic) bond motifs is 1. The van der Waals surface area contributed by atoms with Crippen LogP contribution < -0.4 is 5.32 Å². The second-order valence-corrected chi connectivity index (χ2v) is 4.60. The van der Waals surface area contributed by atoms with Crippen LogP contribution in [0.5, 0.6) is 0 Å². The van der Waals surface area contributed by atoms with Gasteiger partial charge in [0, 0.05) is 37.9 Å². The van der Waals surface area contributed by atoms with Crippen molar-refractivity contribution in [2.45, 2.75) is 20.0 Å². The SMILES string of the molecule is CCN(C)C(=O)Cn1cc(CNC)c2cccnc21. The van der Waals surface area contributed by atoms with E-state index < -0.39 is 0 Å². The summed E-state index contributed by atoms with van der Waals surface area (Å²) in [4.78, 5) is 18.1. The maximum atomic E-state index is 12.0. The van der Waals surface area contributed by atoms with E-state index in [0.29, 0.717) is 6.54 Å². The summed E-state index contributed by atoms with van der Waals surface area (Å²) in [7, 11) is 3.73. The Balaban J connectivity index is 2.35. The number of nitrogens with one attached hydrogen (secondary N) is 1. The van der Waals surface area contributed by atoms with Crippen LogP contribution >= 0.6 is 0 Å². The van der Waals surface area contributed by atoms with E-state index in [2.05, 4.69) is 10.3 Å². The molecule has 0 aliphatic carbocycles. The number of rotatable bonds is 5. The van der Waals surface area contributed by atoms with Gasteiger partial charge in [0.25, 0.3) is 0 Å². The number of hydrogen-bond donors (Lipinski definition) is 1. The minimum atomic E-state index is 0.0982. The number of pyridine rings is 1. The molecule has 0 saturated carbocycles. The summed E-state index contributed by atoms with van der Waals surface area (Å²) >= 11 is 0. The first-order valence-electron chi connectivity index (χ1n) is 6.48. The van der Waals surface area contributed by atoms with E-state index >= 15 is 0 Å². The van der Waals surface area contributed by atoms with Gasteiger partial charge >= 0.3 is 0 Å². The fourth-order valence-electron chi connectivity index (χ4n) is 2.09. The number of aromatic nitrogens is 2. The van der Waals surface area contributed by atoms with Crippen LogP contribution in [-0.4, -0.2) is 41.0 Å². The van der Waals surface area contributed by atoms with Crippen molar-refractivity contribution in [1.82, 2.24) is 19.8 Å². The van der Waals surface area contributed by atoms with E-state index in [-0.39, 0.29) is 5.91 Å². The summed E-state index contributed by atoms with van der Waals surface area (Å²) in [6.07, 6.45) is 3.77. The highest BCUT2D eigenvalue weighted by molar-refractivity contribution is 5.83. The molecule has 102 valence electrons. The second-order valence-electron chi connectivity index (χ2n) is 4.60. The normalized spacial score (nSPS) is 10.9. The second kappa shape index (κ2) is 5.84. The highest BCUT2D eigenvalue weighted by Gasteiger charge is 2.13. The van der Waals surface area contributed by atoms with Crippen molar-refractivity contribution in [2.24, 2.45) is 0 Å². The number of nitrogens with zero attached hydrogens (tertiary/aromatic N) is 3. The molecule has 5 heteroatoms. The third-order valence-corrected chi connectivity index (χ3v) is 3.29. The topological polar surface area (TPSA) is 50.2 Å². The van der Waals surface area contributed by atoms with Crippen molar-refractivity contribution in [3.63, 3.8) is 0 Å². The Morgan fingerprint density at radius 1 is 1.53 bits per heavy atom. The van der Waals surface area contributed by atoms with Gasteiger partial charge in [0.2, 0.25) is 5.91 Å². The molecule has 0 aliphatic rings. The molecule has 0 saturated heterocycles. The standard InChI is InChI=1S/C14H20N4O/c1-4-17(3)13(19)10-18-9-11(8-15-2)12-6-5-7-16-14(12)18/h5-7,9,15H,4,8,10H2,1-3H3. The van der Waals surface area contributed by atoms with E-state index in [4.69, 9.17) is 0 Å². The minimum absolute atomic E-state index is 0.0982. The van der Waals surface area contributed by atoms with Gasteiger partial charge in [-0.05, 0) is 31.7 Å². The number of hydrogen-bond acceptors (Lipinski definition) is 3. The van der Waals surface area contributed by atoms with Gasteiger partial charge < -0.3 is 14.8 Å². The monoisotopic (exact) mass is 260 g/mol. The van der Waals surface area contributed by atoms with Crippen molar-refractivity contribution >= 4 is 16.9 Å². The molecule has 0 radical (unpaired) electrons. The van der Waals surface area contributed by atoms with Gasteiger partial charge in [0.1, 0.15) is 12.2 Å². The lowest BCUT2D eigenvalue weighted by Crippen LogP contribution is -2.29. The first-order valence-corrected chi connectivity index (χ1v) is 6.48. The van der Waals surface area contributed by atoms with Crippen LogP contribution in [0.15, 0.2) is 24.5 Å². The average Bonchev–Trinajstić information content (AvgIpc) is 2.77. The summed E-state index contributed by atoms with van der Waals surface area (Å²) in [6.45, 7) is 3.79. The van der Waals surface area contributed by atoms with Crippen molar-refractivity contribution in [3.05, 3.63) is 30.1 Å². The molecule has 2 aromatic rings.